The van der Waals surface area contributed by atoms with Crippen molar-refractivity contribution in [2.45, 2.75) is 19.3 Å². The predicted molar refractivity (Wildman–Crippen MR) is 198 cm³/mol. The largest absolute Gasteiger partial charge is 0.456 e. The zero-order chi connectivity index (χ0) is 32.0. The van der Waals surface area contributed by atoms with E-state index in [1.165, 1.54) is 43.8 Å². The van der Waals surface area contributed by atoms with Crippen molar-refractivity contribution in [1.82, 2.24) is 9.97 Å². The lowest BCUT2D eigenvalue weighted by atomic mass is 9.81. The maximum absolute atomic E-state index is 6.34. The second kappa shape index (κ2) is 9.97. The van der Waals surface area contributed by atoms with Gasteiger partial charge < -0.3 is 4.42 Å². The van der Waals surface area contributed by atoms with Gasteiger partial charge in [0.2, 0.25) is 0 Å². The van der Waals surface area contributed by atoms with Crippen molar-refractivity contribution in [3.63, 3.8) is 0 Å². The average Bonchev–Trinajstić information content (AvgIpc) is 3.62. The third-order valence-corrected chi connectivity index (χ3v) is 10.3. The minimum Gasteiger partial charge on any atom is -0.456 e. The molecule has 0 aliphatic heterocycles. The summed E-state index contributed by atoms with van der Waals surface area (Å²) in [6.07, 6.45) is 0. The Morgan fingerprint density at radius 3 is 2.06 bits per heavy atom. The van der Waals surface area contributed by atoms with Crippen LogP contribution in [-0.4, -0.2) is 9.97 Å². The first-order valence-electron chi connectivity index (χ1n) is 16.5. The molecule has 1 aliphatic carbocycles. The number of furan rings is 1. The van der Waals surface area contributed by atoms with Crippen LogP contribution in [0.2, 0.25) is 0 Å². The Labute approximate surface area is 278 Å². The number of hydrogen-bond donors (Lipinski definition) is 0. The Balaban J connectivity index is 1.23. The van der Waals surface area contributed by atoms with Gasteiger partial charge in [-0.3, -0.25) is 0 Å². The zero-order valence-corrected chi connectivity index (χ0v) is 26.7. The van der Waals surface area contributed by atoms with Gasteiger partial charge in [0.25, 0.3) is 0 Å². The first kappa shape index (κ1) is 27.1. The number of nitrogens with zero attached hydrogens (tertiary/aromatic N) is 2. The lowest BCUT2D eigenvalue weighted by Gasteiger charge is -2.22. The summed E-state index contributed by atoms with van der Waals surface area (Å²) in [4.78, 5) is 10.5. The van der Waals surface area contributed by atoms with Crippen molar-refractivity contribution in [2.75, 3.05) is 0 Å². The zero-order valence-electron chi connectivity index (χ0n) is 26.7. The fourth-order valence-electron chi connectivity index (χ4n) is 7.84. The van der Waals surface area contributed by atoms with Gasteiger partial charge in [-0.1, -0.05) is 117 Å². The van der Waals surface area contributed by atoms with Gasteiger partial charge in [0.1, 0.15) is 11.2 Å². The molecule has 48 heavy (non-hydrogen) atoms. The Hall–Kier alpha value is -6.06. The summed E-state index contributed by atoms with van der Waals surface area (Å²) in [5.74, 6) is 0.708. The van der Waals surface area contributed by atoms with E-state index in [4.69, 9.17) is 14.4 Å². The average molecular weight is 615 g/mol. The number of fused-ring (bicyclic) bond motifs is 9. The normalized spacial score (nSPS) is 13.4. The number of aromatic nitrogens is 2. The van der Waals surface area contributed by atoms with Crippen LogP contribution in [-0.2, 0) is 5.41 Å². The molecule has 0 fully saturated rings. The van der Waals surface area contributed by atoms with Crippen LogP contribution in [0.4, 0.5) is 0 Å². The van der Waals surface area contributed by atoms with Crippen LogP contribution in [0.5, 0.6) is 0 Å². The van der Waals surface area contributed by atoms with Crippen LogP contribution >= 0.6 is 0 Å². The molecule has 0 N–H and O–H groups in total. The third-order valence-electron chi connectivity index (χ3n) is 10.3. The standard InChI is InChI=1S/C45H30N2O/c1-45(2)36-18-10-17-33(42(36)34-23-29-14-6-7-15-30(29)25-37(34)45)39-26-38(46-44(47-39)28-12-4-3-5-13-28)31-20-21-40-35(24-31)43-32-16-9-8-11-27(32)19-22-41(43)48-40/h3-26H,1-2H3. The predicted octanol–water partition coefficient (Wildman–Crippen LogP) is 12.0. The van der Waals surface area contributed by atoms with Crippen molar-refractivity contribution in [3.05, 3.63) is 157 Å². The summed E-state index contributed by atoms with van der Waals surface area (Å²) in [7, 11) is 0. The van der Waals surface area contributed by atoms with E-state index in [0.717, 1.165) is 50.0 Å². The highest BCUT2D eigenvalue weighted by atomic mass is 16.3. The summed E-state index contributed by atoms with van der Waals surface area (Å²) < 4.78 is 6.34. The Morgan fingerprint density at radius 2 is 1.21 bits per heavy atom. The van der Waals surface area contributed by atoms with E-state index in [1.807, 2.05) is 18.2 Å². The first-order valence-corrected chi connectivity index (χ1v) is 16.5. The summed E-state index contributed by atoms with van der Waals surface area (Å²) in [5.41, 5.74) is 11.8. The number of benzene rings is 7. The Morgan fingerprint density at radius 1 is 0.479 bits per heavy atom. The van der Waals surface area contributed by atoms with Crippen LogP contribution in [0, 0.1) is 0 Å². The van der Waals surface area contributed by atoms with E-state index in [1.54, 1.807) is 0 Å². The minimum absolute atomic E-state index is 0.140. The maximum Gasteiger partial charge on any atom is 0.160 e. The fraction of sp³-hybridized carbons (Fsp3) is 0.0667. The molecule has 9 aromatic rings. The molecule has 0 atom stereocenters. The van der Waals surface area contributed by atoms with Crippen LogP contribution in [0.1, 0.15) is 25.0 Å². The Bertz CT molecular complexity index is 2750. The fourth-order valence-corrected chi connectivity index (χ4v) is 7.84. The quantitative estimate of drug-likeness (QED) is 0.199. The SMILES string of the molecule is CC1(C)c2cc3ccccc3cc2-c2c(-c3cc(-c4ccc5oc6ccc7ccccc7c6c5c4)nc(-c4ccccc4)n3)cccc21. The molecule has 2 aromatic heterocycles. The third kappa shape index (κ3) is 3.94. The number of rotatable bonds is 3. The molecule has 3 nitrogen and oxygen atoms in total. The van der Waals surface area contributed by atoms with Crippen LogP contribution in [0.3, 0.4) is 0 Å². The Kier molecular flexibility index (Phi) is 5.63. The topological polar surface area (TPSA) is 38.9 Å². The van der Waals surface area contributed by atoms with Gasteiger partial charge in [0.15, 0.2) is 5.82 Å². The minimum atomic E-state index is -0.140. The van der Waals surface area contributed by atoms with Gasteiger partial charge in [-0.05, 0) is 86.3 Å². The van der Waals surface area contributed by atoms with Crippen molar-refractivity contribution >= 4 is 43.5 Å². The van der Waals surface area contributed by atoms with Crippen LogP contribution in [0.15, 0.2) is 150 Å². The highest BCUT2D eigenvalue weighted by molar-refractivity contribution is 6.19. The van der Waals surface area contributed by atoms with Crippen LogP contribution in [0.25, 0.3) is 88.5 Å². The first-order chi connectivity index (χ1) is 23.5. The van der Waals surface area contributed by atoms with E-state index in [9.17, 15) is 0 Å². The molecule has 0 saturated carbocycles. The molecule has 7 aromatic carbocycles. The van der Waals surface area contributed by atoms with E-state index in [0.29, 0.717) is 5.82 Å². The molecule has 0 amide bonds. The van der Waals surface area contributed by atoms with Gasteiger partial charge in [-0.2, -0.15) is 0 Å². The van der Waals surface area contributed by atoms with E-state index >= 15 is 0 Å². The molecule has 0 saturated heterocycles. The van der Waals surface area contributed by atoms with Gasteiger partial charge in [-0.15, -0.1) is 0 Å². The summed E-state index contributed by atoms with van der Waals surface area (Å²) in [6, 6.07) is 51.7. The van der Waals surface area contributed by atoms with Gasteiger partial charge in [0.05, 0.1) is 11.4 Å². The maximum atomic E-state index is 6.34. The lowest BCUT2D eigenvalue weighted by Crippen LogP contribution is -2.14. The summed E-state index contributed by atoms with van der Waals surface area (Å²) in [5, 5.41) is 7.12. The van der Waals surface area contributed by atoms with Gasteiger partial charge >= 0.3 is 0 Å². The molecule has 0 spiro atoms. The van der Waals surface area contributed by atoms with Crippen molar-refractivity contribution < 1.29 is 4.42 Å². The smallest absolute Gasteiger partial charge is 0.160 e. The van der Waals surface area contributed by atoms with Crippen molar-refractivity contribution in [2.24, 2.45) is 0 Å². The van der Waals surface area contributed by atoms with E-state index < -0.39 is 0 Å². The highest BCUT2D eigenvalue weighted by Crippen LogP contribution is 2.53. The van der Waals surface area contributed by atoms with Gasteiger partial charge in [0, 0.05) is 32.9 Å². The molecular formula is C45H30N2O. The summed E-state index contributed by atoms with van der Waals surface area (Å²) in [6.45, 7) is 4.68. The number of hydrogen-bond acceptors (Lipinski definition) is 3. The molecule has 0 unspecified atom stereocenters. The molecule has 3 heteroatoms. The molecule has 0 radical (unpaired) electrons. The lowest BCUT2D eigenvalue weighted by molar-refractivity contribution is 0.661. The molecule has 1 aliphatic rings. The monoisotopic (exact) mass is 614 g/mol. The second-order valence-corrected chi connectivity index (χ2v) is 13.4. The van der Waals surface area contributed by atoms with Gasteiger partial charge in [-0.25, -0.2) is 9.97 Å². The van der Waals surface area contributed by atoms with E-state index in [2.05, 4.69) is 141 Å². The molecular weight excluding hydrogens is 585 g/mol. The summed E-state index contributed by atoms with van der Waals surface area (Å²) >= 11 is 0. The van der Waals surface area contributed by atoms with Crippen LogP contribution < -0.4 is 0 Å². The van der Waals surface area contributed by atoms with Crippen molar-refractivity contribution in [3.8, 4) is 45.0 Å². The molecule has 226 valence electrons. The molecule has 10 rings (SSSR count). The van der Waals surface area contributed by atoms with Crippen molar-refractivity contribution in [1.29, 1.82) is 0 Å². The molecule has 0 bridgehead atoms. The second-order valence-electron chi connectivity index (χ2n) is 13.4. The highest BCUT2D eigenvalue weighted by Gasteiger charge is 2.37. The molecule has 2 heterocycles. The van der Waals surface area contributed by atoms with E-state index in [-0.39, 0.29) is 5.41 Å².